The molecule has 2 aromatic rings. The van der Waals surface area contributed by atoms with Crippen molar-refractivity contribution in [2.75, 3.05) is 0 Å². The zero-order valence-corrected chi connectivity index (χ0v) is 10.7. The number of aromatic nitrogens is 5. The van der Waals surface area contributed by atoms with Crippen LogP contribution in [0, 0.1) is 13.8 Å². The smallest absolute Gasteiger partial charge is 0.104 e. The van der Waals surface area contributed by atoms with Gasteiger partial charge in [0.1, 0.15) is 5.69 Å². The van der Waals surface area contributed by atoms with Gasteiger partial charge in [0.15, 0.2) is 0 Å². The van der Waals surface area contributed by atoms with Gasteiger partial charge in [0, 0.05) is 30.5 Å². The zero-order valence-electron chi connectivity index (χ0n) is 10.7. The predicted molar refractivity (Wildman–Crippen MR) is 64.4 cm³/mol. The van der Waals surface area contributed by atoms with E-state index in [2.05, 4.69) is 15.4 Å². The van der Waals surface area contributed by atoms with E-state index in [0.717, 1.165) is 22.6 Å². The average Bonchev–Trinajstić information content (AvgIpc) is 2.73. The fraction of sp³-hybridized carbons (Fsp3) is 0.545. The lowest BCUT2D eigenvalue weighted by atomic mass is 10.1. The van der Waals surface area contributed by atoms with E-state index in [9.17, 15) is 0 Å². The Bertz CT molecular complexity index is 522. The molecule has 0 spiro atoms. The minimum absolute atomic E-state index is 0.00519. The fourth-order valence-corrected chi connectivity index (χ4v) is 2.14. The Morgan fingerprint density at radius 3 is 2.59 bits per heavy atom. The van der Waals surface area contributed by atoms with E-state index in [1.54, 1.807) is 4.68 Å². The summed E-state index contributed by atoms with van der Waals surface area (Å²) in [5.74, 6) is 0. The Kier molecular flexibility index (Phi) is 2.97. The van der Waals surface area contributed by atoms with Crippen LogP contribution < -0.4 is 5.73 Å². The highest BCUT2D eigenvalue weighted by molar-refractivity contribution is 5.27. The summed E-state index contributed by atoms with van der Waals surface area (Å²) in [6.45, 7) is 6.63. The van der Waals surface area contributed by atoms with Crippen LogP contribution in [-0.4, -0.2) is 24.8 Å². The SMILES string of the molecule is Cc1nn(Cc2cn(C)nn2)c(C)c1C(C)N. The monoisotopic (exact) mass is 234 g/mol. The lowest BCUT2D eigenvalue weighted by molar-refractivity contribution is 0.641. The van der Waals surface area contributed by atoms with Gasteiger partial charge in [0.2, 0.25) is 0 Å². The van der Waals surface area contributed by atoms with Gasteiger partial charge in [-0.3, -0.25) is 9.36 Å². The molecule has 2 aromatic heterocycles. The lowest BCUT2D eigenvalue weighted by Gasteiger charge is -2.06. The molecule has 0 saturated carbocycles. The highest BCUT2D eigenvalue weighted by atomic mass is 15.4. The Balaban J connectivity index is 2.31. The number of aryl methyl sites for hydroxylation is 2. The lowest BCUT2D eigenvalue weighted by Crippen LogP contribution is -2.09. The first-order valence-electron chi connectivity index (χ1n) is 5.63. The predicted octanol–water partition coefficient (Wildman–Crippen LogP) is 0.696. The van der Waals surface area contributed by atoms with Crippen LogP contribution >= 0.6 is 0 Å². The van der Waals surface area contributed by atoms with Crippen molar-refractivity contribution in [1.29, 1.82) is 0 Å². The summed E-state index contributed by atoms with van der Waals surface area (Å²) >= 11 is 0. The van der Waals surface area contributed by atoms with E-state index in [4.69, 9.17) is 5.73 Å². The molecule has 0 aromatic carbocycles. The van der Waals surface area contributed by atoms with Gasteiger partial charge in [0.05, 0.1) is 12.2 Å². The standard InChI is InChI=1S/C11H18N6/c1-7(12)11-8(2)14-17(9(11)3)6-10-5-16(4)15-13-10/h5,7H,6,12H2,1-4H3. The second-order valence-corrected chi connectivity index (χ2v) is 4.41. The van der Waals surface area contributed by atoms with E-state index in [0.29, 0.717) is 6.54 Å². The second kappa shape index (κ2) is 4.29. The number of hydrogen-bond donors (Lipinski definition) is 1. The van der Waals surface area contributed by atoms with Crippen LogP contribution in [0.25, 0.3) is 0 Å². The van der Waals surface area contributed by atoms with Crippen molar-refractivity contribution in [3.05, 3.63) is 28.8 Å². The van der Waals surface area contributed by atoms with Crippen LogP contribution in [0.1, 0.15) is 35.6 Å². The van der Waals surface area contributed by atoms with E-state index >= 15 is 0 Å². The van der Waals surface area contributed by atoms with Crippen LogP contribution in [0.5, 0.6) is 0 Å². The minimum atomic E-state index is 0.00519. The van der Waals surface area contributed by atoms with Crippen molar-refractivity contribution in [2.45, 2.75) is 33.4 Å². The van der Waals surface area contributed by atoms with Gasteiger partial charge < -0.3 is 5.73 Å². The molecule has 6 heteroatoms. The molecular formula is C11H18N6. The maximum atomic E-state index is 5.94. The van der Waals surface area contributed by atoms with Crippen LogP contribution in [-0.2, 0) is 13.6 Å². The van der Waals surface area contributed by atoms with Crippen molar-refractivity contribution in [2.24, 2.45) is 12.8 Å². The van der Waals surface area contributed by atoms with Crippen molar-refractivity contribution in [3.63, 3.8) is 0 Å². The number of rotatable bonds is 3. The second-order valence-electron chi connectivity index (χ2n) is 4.41. The van der Waals surface area contributed by atoms with Gasteiger partial charge >= 0.3 is 0 Å². The molecule has 2 rings (SSSR count). The van der Waals surface area contributed by atoms with Crippen LogP contribution in [0.2, 0.25) is 0 Å². The van der Waals surface area contributed by atoms with Crippen molar-refractivity contribution >= 4 is 0 Å². The van der Waals surface area contributed by atoms with Crippen molar-refractivity contribution < 1.29 is 0 Å². The molecule has 0 radical (unpaired) electrons. The Labute approximate surface area is 100 Å². The first-order chi connectivity index (χ1) is 7.99. The van der Waals surface area contributed by atoms with Gasteiger partial charge in [-0.15, -0.1) is 5.10 Å². The summed E-state index contributed by atoms with van der Waals surface area (Å²) in [6, 6.07) is 0.00519. The maximum absolute atomic E-state index is 5.94. The zero-order chi connectivity index (χ0) is 12.6. The summed E-state index contributed by atoms with van der Waals surface area (Å²) in [6.07, 6.45) is 1.89. The minimum Gasteiger partial charge on any atom is -0.324 e. The number of hydrogen-bond acceptors (Lipinski definition) is 4. The molecule has 0 bridgehead atoms. The molecule has 17 heavy (non-hydrogen) atoms. The van der Waals surface area contributed by atoms with Gasteiger partial charge in [-0.1, -0.05) is 5.21 Å². The average molecular weight is 234 g/mol. The molecule has 0 aliphatic rings. The molecule has 2 heterocycles. The molecule has 0 aliphatic heterocycles. The van der Waals surface area contributed by atoms with Crippen molar-refractivity contribution in [3.8, 4) is 0 Å². The summed E-state index contributed by atoms with van der Waals surface area (Å²) in [7, 11) is 1.85. The maximum Gasteiger partial charge on any atom is 0.104 e. The topological polar surface area (TPSA) is 74.5 Å². The first kappa shape index (κ1) is 11.8. The molecule has 1 unspecified atom stereocenters. The molecular weight excluding hydrogens is 216 g/mol. The molecule has 0 amide bonds. The largest absolute Gasteiger partial charge is 0.324 e. The van der Waals surface area contributed by atoms with Gasteiger partial charge in [0.25, 0.3) is 0 Å². The van der Waals surface area contributed by atoms with Gasteiger partial charge in [-0.2, -0.15) is 5.10 Å². The van der Waals surface area contributed by atoms with Gasteiger partial charge in [-0.05, 0) is 20.8 Å². The van der Waals surface area contributed by atoms with E-state index < -0.39 is 0 Å². The third kappa shape index (κ3) is 2.21. The number of nitrogens with zero attached hydrogens (tertiary/aromatic N) is 5. The molecule has 0 fully saturated rings. The summed E-state index contributed by atoms with van der Waals surface area (Å²) < 4.78 is 3.62. The number of nitrogens with two attached hydrogens (primary N) is 1. The third-order valence-corrected chi connectivity index (χ3v) is 2.85. The molecule has 6 nitrogen and oxygen atoms in total. The summed E-state index contributed by atoms with van der Waals surface area (Å²) in [5.41, 5.74) is 10.0. The quantitative estimate of drug-likeness (QED) is 0.848. The Morgan fingerprint density at radius 1 is 1.41 bits per heavy atom. The molecule has 1 atom stereocenters. The highest BCUT2D eigenvalue weighted by Gasteiger charge is 2.15. The van der Waals surface area contributed by atoms with Crippen LogP contribution in [0.15, 0.2) is 6.20 Å². The molecule has 0 saturated heterocycles. The normalized spacial score (nSPS) is 13.0. The third-order valence-electron chi connectivity index (χ3n) is 2.85. The van der Waals surface area contributed by atoms with E-state index in [1.165, 1.54) is 0 Å². The molecule has 2 N–H and O–H groups in total. The van der Waals surface area contributed by atoms with Crippen LogP contribution in [0.4, 0.5) is 0 Å². The Morgan fingerprint density at radius 2 is 2.12 bits per heavy atom. The molecule has 0 aliphatic carbocycles. The molecule has 92 valence electrons. The summed E-state index contributed by atoms with van der Waals surface area (Å²) in [4.78, 5) is 0. The van der Waals surface area contributed by atoms with E-state index in [-0.39, 0.29) is 6.04 Å². The van der Waals surface area contributed by atoms with Gasteiger partial charge in [-0.25, -0.2) is 0 Å². The highest BCUT2D eigenvalue weighted by Crippen LogP contribution is 2.19. The van der Waals surface area contributed by atoms with E-state index in [1.807, 2.05) is 38.7 Å². The first-order valence-corrected chi connectivity index (χ1v) is 5.63. The van der Waals surface area contributed by atoms with Crippen LogP contribution in [0.3, 0.4) is 0 Å². The fourth-order valence-electron chi connectivity index (χ4n) is 2.14. The Hall–Kier alpha value is -1.69. The summed E-state index contributed by atoms with van der Waals surface area (Å²) in [5, 5.41) is 12.5. The van der Waals surface area contributed by atoms with Crippen molar-refractivity contribution in [1.82, 2.24) is 24.8 Å².